The Morgan fingerprint density at radius 1 is 1.00 bits per heavy atom. The smallest absolute Gasteiger partial charge is 0.246 e. The largest absolute Gasteiger partial charge is 0.492 e. The summed E-state index contributed by atoms with van der Waals surface area (Å²) in [5.74, 6) is -0.223. The summed E-state index contributed by atoms with van der Waals surface area (Å²) in [6.45, 7) is 2.29. The summed E-state index contributed by atoms with van der Waals surface area (Å²) < 4.78 is 71.3. The molecule has 0 spiro atoms. The van der Waals surface area contributed by atoms with E-state index in [1.165, 1.54) is 22.5 Å². The van der Waals surface area contributed by atoms with E-state index in [-0.39, 0.29) is 41.5 Å². The Hall–Kier alpha value is -1.97. The fourth-order valence-electron chi connectivity index (χ4n) is 3.28. The summed E-state index contributed by atoms with van der Waals surface area (Å²) in [5.41, 5.74) is 0. The molecule has 1 heterocycles. The number of ether oxygens (including phenoxy) is 1. The van der Waals surface area contributed by atoms with E-state index in [4.69, 9.17) is 4.74 Å². The molecule has 152 valence electrons. The molecule has 2 aromatic carbocycles. The number of benzene rings is 2. The number of sulfonamides is 1. The van der Waals surface area contributed by atoms with Gasteiger partial charge in [0.2, 0.25) is 10.0 Å². The first-order valence-electron chi connectivity index (χ1n) is 8.98. The topological polar surface area (TPSA) is 80.8 Å². The highest BCUT2D eigenvalue weighted by atomic mass is 32.2. The Labute approximate surface area is 164 Å². The van der Waals surface area contributed by atoms with Gasteiger partial charge in [0.15, 0.2) is 9.84 Å². The summed E-state index contributed by atoms with van der Waals surface area (Å²) in [6.07, 6.45) is 0.353. The van der Waals surface area contributed by atoms with Gasteiger partial charge in [-0.15, -0.1) is 0 Å². The van der Waals surface area contributed by atoms with Crippen LogP contribution < -0.4 is 4.74 Å². The van der Waals surface area contributed by atoms with Gasteiger partial charge in [-0.25, -0.2) is 21.2 Å². The van der Waals surface area contributed by atoms with Crippen molar-refractivity contribution in [3.8, 4) is 5.75 Å². The molecule has 0 amide bonds. The second-order valence-corrected chi connectivity index (χ2v) is 10.6. The van der Waals surface area contributed by atoms with Gasteiger partial charge in [0, 0.05) is 13.1 Å². The molecule has 0 aliphatic carbocycles. The molecule has 0 atom stereocenters. The number of hydrogen-bond donors (Lipinski definition) is 0. The van der Waals surface area contributed by atoms with Crippen LogP contribution in [-0.4, -0.2) is 46.1 Å². The molecule has 28 heavy (non-hydrogen) atoms. The van der Waals surface area contributed by atoms with E-state index in [1.807, 2.05) is 0 Å². The first-order valence-corrected chi connectivity index (χ1v) is 12.0. The second kappa shape index (κ2) is 8.18. The molecule has 1 aliphatic rings. The summed E-state index contributed by atoms with van der Waals surface area (Å²) in [6, 6.07) is 11.1. The normalized spacial score (nSPS) is 16.8. The van der Waals surface area contributed by atoms with Crippen LogP contribution >= 0.6 is 0 Å². The van der Waals surface area contributed by atoms with Crippen molar-refractivity contribution in [1.82, 2.24) is 4.31 Å². The number of rotatable bonds is 6. The third-order valence-electron chi connectivity index (χ3n) is 4.75. The minimum atomic E-state index is -3.79. The number of halogens is 1. The Morgan fingerprint density at radius 3 is 2.21 bits per heavy atom. The molecule has 0 bridgehead atoms. The Bertz CT molecular complexity index is 1030. The van der Waals surface area contributed by atoms with Gasteiger partial charge in [0.1, 0.15) is 16.5 Å². The zero-order valence-electron chi connectivity index (χ0n) is 15.4. The summed E-state index contributed by atoms with van der Waals surface area (Å²) in [4.78, 5) is 0.133. The molecule has 0 unspecified atom stereocenters. The molecular weight excluding hydrogens is 405 g/mol. The van der Waals surface area contributed by atoms with Gasteiger partial charge in [-0.1, -0.05) is 12.1 Å². The maximum Gasteiger partial charge on any atom is 0.246 e. The van der Waals surface area contributed by atoms with E-state index >= 15 is 0 Å². The predicted octanol–water partition coefficient (Wildman–Crippen LogP) is 2.85. The molecule has 1 aliphatic heterocycles. The highest BCUT2D eigenvalue weighted by molar-refractivity contribution is 7.92. The lowest BCUT2D eigenvalue weighted by Gasteiger charge is -2.31. The SMILES string of the molecule is CCOc1ccccc1S(=O)(=O)N1CCC(S(=O)(=O)c2ccc(F)cc2)CC1. The van der Waals surface area contributed by atoms with Crippen molar-refractivity contribution in [3.63, 3.8) is 0 Å². The van der Waals surface area contributed by atoms with Crippen LogP contribution in [0.15, 0.2) is 58.3 Å². The van der Waals surface area contributed by atoms with Crippen molar-refractivity contribution >= 4 is 19.9 Å². The van der Waals surface area contributed by atoms with Gasteiger partial charge in [0.05, 0.1) is 16.8 Å². The van der Waals surface area contributed by atoms with Crippen molar-refractivity contribution in [1.29, 1.82) is 0 Å². The van der Waals surface area contributed by atoms with E-state index in [0.717, 1.165) is 12.1 Å². The molecule has 0 aromatic heterocycles. The van der Waals surface area contributed by atoms with Crippen molar-refractivity contribution in [2.75, 3.05) is 19.7 Å². The number of sulfone groups is 1. The minimum Gasteiger partial charge on any atom is -0.492 e. The van der Waals surface area contributed by atoms with Gasteiger partial charge in [0.25, 0.3) is 0 Å². The first kappa shape index (κ1) is 20.8. The van der Waals surface area contributed by atoms with Crippen LogP contribution in [0.3, 0.4) is 0 Å². The van der Waals surface area contributed by atoms with E-state index in [2.05, 4.69) is 0 Å². The molecule has 1 saturated heterocycles. The molecule has 0 N–H and O–H groups in total. The lowest BCUT2D eigenvalue weighted by molar-refractivity contribution is 0.322. The minimum absolute atomic E-state index is 0.0527. The van der Waals surface area contributed by atoms with Crippen LogP contribution in [0, 0.1) is 5.82 Å². The van der Waals surface area contributed by atoms with Crippen LogP contribution in [0.1, 0.15) is 19.8 Å². The Balaban J connectivity index is 1.77. The van der Waals surface area contributed by atoms with Gasteiger partial charge in [-0.05, 0) is 56.2 Å². The first-order chi connectivity index (χ1) is 13.3. The van der Waals surface area contributed by atoms with Gasteiger partial charge >= 0.3 is 0 Å². The third-order valence-corrected chi connectivity index (χ3v) is 8.97. The number of piperidine rings is 1. The molecule has 1 fully saturated rings. The number of hydrogen-bond acceptors (Lipinski definition) is 5. The van der Waals surface area contributed by atoms with Crippen LogP contribution in [0.4, 0.5) is 4.39 Å². The molecule has 0 radical (unpaired) electrons. The fourth-order valence-corrected chi connectivity index (χ4v) is 6.61. The monoisotopic (exact) mass is 427 g/mol. The number of para-hydroxylation sites is 1. The van der Waals surface area contributed by atoms with Crippen LogP contribution in [0.25, 0.3) is 0 Å². The van der Waals surface area contributed by atoms with Crippen molar-refractivity contribution in [2.24, 2.45) is 0 Å². The van der Waals surface area contributed by atoms with E-state index in [0.29, 0.717) is 6.61 Å². The standard InChI is InChI=1S/C19H22FNO5S2/c1-2-26-18-5-3-4-6-19(18)28(24,25)21-13-11-17(12-14-21)27(22,23)16-9-7-15(20)8-10-16/h3-10,17H,2,11-14H2,1H3. The van der Waals surface area contributed by atoms with E-state index < -0.39 is 30.9 Å². The summed E-state index contributed by atoms with van der Waals surface area (Å²) >= 11 is 0. The average molecular weight is 428 g/mol. The van der Waals surface area contributed by atoms with Gasteiger partial charge in [-0.2, -0.15) is 4.31 Å². The third kappa shape index (κ3) is 4.06. The molecule has 3 rings (SSSR count). The van der Waals surface area contributed by atoms with Crippen molar-refractivity contribution < 1.29 is 26.0 Å². The van der Waals surface area contributed by atoms with E-state index in [1.54, 1.807) is 25.1 Å². The Morgan fingerprint density at radius 2 is 1.61 bits per heavy atom. The zero-order chi connectivity index (χ0) is 20.4. The van der Waals surface area contributed by atoms with Crippen molar-refractivity contribution in [3.05, 3.63) is 54.3 Å². The second-order valence-electron chi connectivity index (χ2n) is 6.48. The average Bonchev–Trinajstić information content (AvgIpc) is 2.69. The zero-order valence-corrected chi connectivity index (χ0v) is 17.0. The maximum absolute atomic E-state index is 13.1. The lowest BCUT2D eigenvalue weighted by Crippen LogP contribution is -2.42. The molecular formula is C19H22FNO5S2. The summed E-state index contributed by atoms with van der Waals surface area (Å²) in [7, 11) is -7.43. The molecule has 9 heteroatoms. The quantitative estimate of drug-likeness (QED) is 0.662. The van der Waals surface area contributed by atoms with E-state index in [9.17, 15) is 21.2 Å². The molecule has 0 saturated carbocycles. The predicted molar refractivity (Wildman–Crippen MR) is 103 cm³/mol. The highest BCUT2D eigenvalue weighted by Crippen LogP contribution is 2.31. The van der Waals surface area contributed by atoms with Crippen molar-refractivity contribution in [2.45, 2.75) is 34.8 Å². The Kier molecular flexibility index (Phi) is 6.07. The molecule has 2 aromatic rings. The van der Waals surface area contributed by atoms with Gasteiger partial charge in [-0.3, -0.25) is 0 Å². The van der Waals surface area contributed by atoms with Crippen LogP contribution in [0.2, 0.25) is 0 Å². The number of nitrogens with zero attached hydrogens (tertiary/aromatic N) is 1. The summed E-state index contributed by atoms with van der Waals surface area (Å²) in [5, 5.41) is -0.702. The fraction of sp³-hybridized carbons (Fsp3) is 0.368. The lowest BCUT2D eigenvalue weighted by atomic mass is 10.2. The van der Waals surface area contributed by atoms with Crippen LogP contribution in [0.5, 0.6) is 5.75 Å². The maximum atomic E-state index is 13.1. The highest BCUT2D eigenvalue weighted by Gasteiger charge is 2.36. The molecule has 6 nitrogen and oxygen atoms in total. The van der Waals surface area contributed by atoms with Crippen LogP contribution in [-0.2, 0) is 19.9 Å². The van der Waals surface area contributed by atoms with Gasteiger partial charge < -0.3 is 4.74 Å².